The van der Waals surface area contributed by atoms with Crippen molar-refractivity contribution in [2.45, 2.75) is 12.8 Å². The molecule has 0 bridgehead atoms. The van der Waals surface area contributed by atoms with Crippen LogP contribution in [0.25, 0.3) is 0 Å². The first-order valence-electron chi connectivity index (χ1n) is 8.35. The van der Waals surface area contributed by atoms with Crippen LogP contribution in [0.15, 0.2) is 84.7 Å². The largest absolute Gasteiger partial charge is 0.453 e. The van der Waals surface area contributed by atoms with E-state index < -0.39 is 0 Å². The van der Waals surface area contributed by atoms with Crippen molar-refractivity contribution in [2.75, 3.05) is 11.9 Å². The molecule has 5 rings (SSSR count). The Hall–Kier alpha value is -2.94. The maximum atomic E-state index is 5.71. The maximum absolute atomic E-state index is 5.71. The summed E-state index contributed by atoms with van der Waals surface area (Å²) in [6.45, 7) is 1.19. The molecule has 3 aliphatic rings. The van der Waals surface area contributed by atoms with Gasteiger partial charge >= 0.3 is 0 Å². The summed E-state index contributed by atoms with van der Waals surface area (Å²) in [4.78, 5) is 2.30. The number of nitrogens with one attached hydrogen (secondary N) is 1. The van der Waals surface area contributed by atoms with Gasteiger partial charge in [0.15, 0.2) is 11.5 Å². The molecule has 0 atom stereocenters. The third-order valence-corrected chi connectivity index (χ3v) is 4.20. The van der Waals surface area contributed by atoms with Crippen LogP contribution in [0.5, 0.6) is 11.5 Å². The molecule has 0 aromatic heterocycles. The highest BCUT2D eigenvalue weighted by molar-refractivity contribution is 5.75. The van der Waals surface area contributed by atoms with Crippen LogP contribution in [-0.2, 0) is 0 Å². The highest BCUT2D eigenvalue weighted by Crippen LogP contribution is 2.40. The van der Waals surface area contributed by atoms with Crippen LogP contribution in [0.2, 0.25) is 0 Å². The predicted molar refractivity (Wildman–Crippen MR) is 98.5 cm³/mol. The Balaban J connectivity index is 0.000000129. The Morgan fingerprint density at radius 1 is 0.875 bits per heavy atom. The first-order valence-corrected chi connectivity index (χ1v) is 8.35. The first-order chi connectivity index (χ1) is 11.9. The van der Waals surface area contributed by atoms with Gasteiger partial charge in [-0.1, -0.05) is 36.4 Å². The number of benzene rings is 2. The maximum Gasteiger partial charge on any atom is 0.150 e. The van der Waals surface area contributed by atoms with Gasteiger partial charge in [-0.05, 0) is 49.3 Å². The molecule has 2 aromatic rings. The van der Waals surface area contributed by atoms with Crippen molar-refractivity contribution in [1.29, 1.82) is 0 Å². The number of allylic oxidation sites excluding steroid dienone is 4. The normalized spacial score (nSPS) is 16.3. The van der Waals surface area contributed by atoms with Crippen LogP contribution in [0.3, 0.4) is 0 Å². The van der Waals surface area contributed by atoms with Gasteiger partial charge in [-0.2, -0.15) is 0 Å². The Morgan fingerprint density at radius 3 is 2.29 bits per heavy atom. The average molecular weight is 316 g/mol. The molecular weight excluding hydrogens is 296 g/mol. The molecule has 0 saturated heterocycles. The predicted octanol–water partition coefficient (Wildman–Crippen LogP) is 5.59. The number of hydrogen-bond donors (Lipinski definition) is 1. The molecule has 0 unspecified atom stereocenters. The molecule has 3 heterocycles. The smallest absolute Gasteiger partial charge is 0.150 e. The number of fused-ring (bicyclic) bond motifs is 3. The fourth-order valence-electron chi connectivity index (χ4n) is 2.97. The third-order valence-electron chi connectivity index (χ3n) is 4.20. The van der Waals surface area contributed by atoms with E-state index in [1.165, 1.54) is 25.1 Å². The summed E-state index contributed by atoms with van der Waals surface area (Å²) in [6, 6.07) is 15.8. The molecule has 120 valence electrons. The van der Waals surface area contributed by atoms with Gasteiger partial charge in [0.05, 0.1) is 11.4 Å². The lowest BCUT2D eigenvalue weighted by Crippen LogP contribution is -2.21. The molecule has 24 heavy (non-hydrogen) atoms. The van der Waals surface area contributed by atoms with Crippen LogP contribution in [0.1, 0.15) is 12.8 Å². The Bertz CT molecular complexity index is 733. The quantitative estimate of drug-likeness (QED) is 0.585. The van der Waals surface area contributed by atoms with Crippen LogP contribution in [0, 0.1) is 0 Å². The van der Waals surface area contributed by atoms with E-state index in [1.54, 1.807) is 0 Å². The monoisotopic (exact) mass is 316 g/mol. The Morgan fingerprint density at radius 2 is 1.58 bits per heavy atom. The fourth-order valence-corrected chi connectivity index (χ4v) is 2.97. The second kappa shape index (κ2) is 6.67. The summed E-state index contributed by atoms with van der Waals surface area (Å²) in [6.07, 6.45) is 13.3. The molecule has 0 saturated carbocycles. The Kier molecular flexibility index (Phi) is 4.07. The molecule has 3 heteroatoms. The van der Waals surface area contributed by atoms with Crippen LogP contribution in [-0.4, -0.2) is 11.4 Å². The highest BCUT2D eigenvalue weighted by Gasteiger charge is 2.14. The number of rotatable bonds is 0. The van der Waals surface area contributed by atoms with E-state index >= 15 is 0 Å². The van der Waals surface area contributed by atoms with Gasteiger partial charge in [-0.3, -0.25) is 0 Å². The topological polar surface area (TPSA) is 24.5 Å². The third kappa shape index (κ3) is 3.06. The van der Waals surface area contributed by atoms with E-state index in [0.717, 1.165) is 22.9 Å². The van der Waals surface area contributed by atoms with Crippen LogP contribution in [0.4, 0.5) is 11.4 Å². The number of nitrogens with zero attached hydrogens (tertiary/aromatic N) is 1. The molecule has 3 nitrogen and oxygen atoms in total. The number of hydrogen-bond acceptors (Lipinski definition) is 3. The summed E-state index contributed by atoms with van der Waals surface area (Å²) in [5.74, 6) is 1.76. The van der Waals surface area contributed by atoms with Crippen molar-refractivity contribution >= 4 is 11.4 Å². The number of ether oxygens (including phenoxy) is 1. The average Bonchev–Trinajstić information content (AvgIpc) is 2.67. The summed E-state index contributed by atoms with van der Waals surface area (Å²) >= 11 is 0. The molecule has 0 radical (unpaired) electrons. The zero-order valence-corrected chi connectivity index (χ0v) is 13.5. The molecule has 0 aliphatic carbocycles. The van der Waals surface area contributed by atoms with E-state index in [-0.39, 0.29) is 0 Å². The van der Waals surface area contributed by atoms with Gasteiger partial charge in [0.25, 0.3) is 0 Å². The van der Waals surface area contributed by atoms with Gasteiger partial charge < -0.3 is 15.0 Å². The molecule has 3 aliphatic heterocycles. The van der Waals surface area contributed by atoms with Crippen LogP contribution < -0.4 is 10.1 Å². The minimum Gasteiger partial charge on any atom is -0.453 e. The summed E-state index contributed by atoms with van der Waals surface area (Å²) in [5, 5.41) is 3.32. The molecule has 0 amide bonds. The number of anilines is 2. The van der Waals surface area contributed by atoms with E-state index in [2.05, 4.69) is 40.7 Å². The van der Waals surface area contributed by atoms with Crippen molar-refractivity contribution in [3.8, 4) is 11.5 Å². The molecule has 1 N–H and O–H groups in total. The molecule has 2 aromatic carbocycles. The minimum absolute atomic E-state index is 0.881. The summed E-state index contributed by atoms with van der Waals surface area (Å²) in [7, 11) is 0. The highest BCUT2D eigenvalue weighted by atomic mass is 16.5. The SMILES string of the molecule is C1=CC2=CCCCN2C=C1.c1ccc2c(c1)Nc1ccccc1O2. The zero-order chi connectivity index (χ0) is 16.2. The second-order valence-electron chi connectivity index (χ2n) is 5.88. The van der Waals surface area contributed by atoms with E-state index in [0.29, 0.717) is 0 Å². The van der Waals surface area contributed by atoms with Crippen molar-refractivity contribution < 1.29 is 4.74 Å². The lowest BCUT2D eigenvalue weighted by molar-refractivity contribution is 0.439. The minimum atomic E-state index is 0.881. The van der Waals surface area contributed by atoms with Gasteiger partial charge in [-0.15, -0.1) is 0 Å². The lowest BCUT2D eigenvalue weighted by Gasteiger charge is -2.26. The second-order valence-corrected chi connectivity index (χ2v) is 5.88. The van der Waals surface area contributed by atoms with Gasteiger partial charge in [0.2, 0.25) is 0 Å². The molecule has 0 fully saturated rings. The fraction of sp³-hybridized carbons (Fsp3) is 0.143. The Labute approximate surface area is 142 Å². The van der Waals surface area contributed by atoms with Crippen molar-refractivity contribution in [1.82, 2.24) is 4.90 Å². The van der Waals surface area contributed by atoms with E-state index in [4.69, 9.17) is 4.74 Å². The number of para-hydroxylation sites is 4. The molecular formula is C21H20N2O. The van der Waals surface area contributed by atoms with Crippen molar-refractivity contribution in [3.05, 3.63) is 84.7 Å². The standard InChI is InChI=1S/C12H9NO.C9H11N/c1-3-7-11-9(5-1)13-10-6-2-4-8-12(10)14-11;1-3-7-10-8-4-2-6-9(10)5-1/h1-8,13H;1,3,5-7H,2,4,8H2. The lowest BCUT2D eigenvalue weighted by atomic mass is 10.1. The van der Waals surface area contributed by atoms with Gasteiger partial charge in [-0.25, -0.2) is 0 Å². The zero-order valence-electron chi connectivity index (χ0n) is 13.5. The van der Waals surface area contributed by atoms with E-state index in [9.17, 15) is 0 Å². The van der Waals surface area contributed by atoms with E-state index in [1.807, 2.05) is 48.5 Å². The molecule has 0 spiro atoms. The summed E-state index contributed by atoms with van der Waals surface area (Å²) < 4.78 is 5.71. The van der Waals surface area contributed by atoms with Gasteiger partial charge in [0.1, 0.15) is 0 Å². The van der Waals surface area contributed by atoms with Gasteiger partial charge in [0, 0.05) is 18.4 Å². The summed E-state index contributed by atoms with van der Waals surface area (Å²) in [5.41, 5.74) is 3.41. The first kappa shape index (κ1) is 14.6. The van der Waals surface area contributed by atoms with Crippen molar-refractivity contribution in [2.24, 2.45) is 0 Å². The van der Waals surface area contributed by atoms with Crippen LogP contribution >= 0.6 is 0 Å². The van der Waals surface area contributed by atoms with Crippen molar-refractivity contribution in [3.63, 3.8) is 0 Å².